The van der Waals surface area contributed by atoms with E-state index in [4.69, 9.17) is 0 Å². The molecule has 2 N–H and O–H groups in total. The van der Waals surface area contributed by atoms with Crippen LogP contribution in [0.4, 0.5) is 17.1 Å². The molecule has 0 aliphatic carbocycles. The number of hydrogen-bond acceptors (Lipinski definition) is 6. The molecule has 0 saturated carbocycles. The van der Waals surface area contributed by atoms with E-state index >= 15 is 0 Å². The number of anilines is 2. The maximum absolute atomic E-state index is 12.7. The van der Waals surface area contributed by atoms with E-state index in [1.54, 1.807) is 42.7 Å². The Morgan fingerprint density at radius 2 is 1.67 bits per heavy atom. The van der Waals surface area contributed by atoms with Gasteiger partial charge in [-0.1, -0.05) is 24.3 Å². The average Bonchev–Trinajstić information content (AvgIpc) is 2.73. The van der Waals surface area contributed by atoms with Crippen LogP contribution in [0.5, 0.6) is 0 Å². The second-order valence-corrected chi connectivity index (χ2v) is 8.66. The molecule has 3 rings (SSSR count). The van der Waals surface area contributed by atoms with Gasteiger partial charge < -0.3 is 5.32 Å². The van der Waals surface area contributed by atoms with E-state index < -0.39 is 20.9 Å². The second-order valence-electron chi connectivity index (χ2n) is 6.09. The van der Waals surface area contributed by atoms with Crippen LogP contribution in [-0.4, -0.2) is 25.5 Å². The summed E-state index contributed by atoms with van der Waals surface area (Å²) in [6.45, 7) is 0. The summed E-state index contributed by atoms with van der Waals surface area (Å²) in [6, 6.07) is 18.2. The smallest absolute Gasteiger partial charge is 0.282 e. The number of nitro benzene ring substituents is 1. The fraction of sp³-hybridized carbons (Fsp3) is 0.0500. The molecule has 3 aromatic carbocycles. The average molecular weight is 444 g/mol. The van der Waals surface area contributed by atoms with Crippen LogP contribution in [0.25, 0.3) is 0 Å². The lowest BCUT2D eigenvalue weighted by atomic mass is 10.1. The molecule has 8 nitrogen and oxygen atoms in total. The van der Waals surface area contributed by atoms with Crippen molar-refractivity contribution in [2.75, 3.05) is 16.3 Å². The van der Waals surface area contributed by atoms with Gasteiger partial charge in [-0.25, -0.2) is 8.42 Å². The third-order valence-electron chi connectivity index (χ3n) is 4.07. The number of rotatable bonds is 7. The fourth-order valence-electron chi connectivity index (χ4n) is 2.66. The zero-order chi connectivity index (χ0) is 21.7. The van der Waals surface area contributed by atoms with Crippen molar-refractivity contribution in [1.82, 2.24) is 0 Å². The quantitative estimate of drug-likeness (QED) is 0.318. The topological polar surface area (TPSA) is 118 Å². The first kappa shape index (κ1) is 21.3. The molecular formula is C20H17N3O5S2. The highest BCUT2D eigenvalue weighted by molar-refractivity contribution is 7.98. The molecule has 1 amide bonds. The predicted octanol–water partition coefficient (Wildman–Crippen LogP) is 4.37. The molecule has 0 aliphatic heterocycles. The van der Waals surface area contributed by atoms with E-state index in [1.807, 2.05) is 0 Å². The highest BCUT2D eigenvalue weighted by Gasteiger charge is 2.21. The van der Waals surface area contributed by atoms with Crippen molar-refractivity contribution in [3.05, 3.63) is 88.5 Å². The number of sulfonamides is 1. The number of hydrogen-bond donors (Lipinski definition) is 2. The summed E-state index contributed by atoms with van der Waals surface area (Å²) >= 11 is 1.35. The molecule has 0 saturated heterocycles. The van der Waals surface area contributed by atoms with Gasteiger partial charge in [0.2, 0.25) is 0 Å². The molecule has 0 unspecified atom stereocenters. The Labute approximate surface area is 177 Å². The molecule has 0 bridgehead atoms. The highest BCUT2D eigenvalue weighted by atomic mass is 32.2. The van der Waals surface area contributed by atoms with Crippen LogP contribution in [0.15, 0.2) is 82.6 Å². The van der Waals surface area contributed by atoms with Crippen LogP contribution in [0.2, 0.25) is 0 Å². The Hall–Kier alpha value is -3.37. The molecule has 0 heterocycles. The minimum absolute atomic E-state index is 0.0814. The summed E-state index contributed by atoms with van der Waals surface area (Å²) in [6.07, 6.45) is 1.80. The third kappa shape index (κ3) is 4.97. The van der Waals surface area contributed by atoms with E-state index in [9.17, 15) is 23.3 Å². The van der Waals surface area contributed by atoms with Crippen molar-refractivity contribution in [2.24, 2.45) is 0 Å². The number of nitro groups is 1. The van der Waals surface area contributed by atoms with Crippen LogP contribution in [0.1, 0.15) is 10.4 Å². The minimum Gasteiger partial charge on any atom is -0.322 e. The standard InChI is InChI=1S/C20H17N3O5S2/c1-29-16-10-11-19(23(25)26)18(13-16)20(24)21-14-6-5-7-15(12-14)22-30(27,28)17-8-3-2-4-9-17/h2-13,22H,1H3,(H,21,24). The van der Waals surface area contributed by atoms with Gasteiger partial charge in [-0.3, -0.25) is 19.6 Å². The van der Waals surface area contributed by atoms with Crippen molar-refractivity contribution >= 4 is 44.8 Å². The lowest BCUT2D eigenvalue weighted by Crippen LogP contribution is -2.15. The normalized spacial score (nSPS) is 11.0. The SMILES string of the molecule is CSc1ccc([N+](=O)[O-])c(C(=O)Nc2cccc(NS(=O)(=O)c3ccccc3)c2)c1. The number of nitrogens with one attached hydrogen (secondary N) is 2. The number of carbonyl (C=O) groups is 1. The number of amides is 1. The van der Waals surface area contributed by atoms with Gasteiger partial charge in [0.25, 0.3) is 21.6 Å². The molecule has 0 radical (unpaired) electrons. The Balaban J connectivity index is 1.84. The summed E-state index contributed by atoms with van der Waals surface area (Å²) in [5.74, 6) is -0.666. The minimum atomic E-state index is -3.79. The molecular weight excluding hydrogens is 426 g/mol. The van der Waals surface area contributed by atoms with Gasteiger partial charge in [-0.2, -0.15) is 0 Å². The van der Waals surface area contributed by atoms with Crippen LogP contribution >= 0.6 is 11.8 Å². The van der Waals surface area contributed by atoms with Crippen molar-refractivity contribution in [1.29, 1.82) is 0 Å². The molecule has 30 heavy (non-hydrogen) atoms. The summed E-state index contributed by atoms with van der Waals surface area (Å²) in [7, 11) is -3.79. The second kappa shape index (κ2) is 8.97. The third-order valence-corrected chi connectivity index (χ3v) is 6.19. The molecule has 154 valence electrons. The number of nitrogens with zero attached hydrogens (tertiary/aromatic N) is 1. The van der Waals surface area contributed by atoms with Crippen molar-refractivity contribution in [3.8, 4) is 0 Å². The highest BCUT2D eigenvalue weighted by Crippen LogP contribution is 2.26. The van der Waals surface area contributed by atoms with Crippen molar-refractivity contribution in [2.45, 2.75) is 9.79 Å². The van der Waals surface area contributed by atoms with Crippen LogP contribution < -0.4 is 10.0 Å². The lowest BCUT2D eigenvalue weighted by Gasteiger charge is -2.11. The Morgan fingerprint density at radius 3 is 2.33 bits per heavy atom. The van der Waals surface area contributed by atoms with Gasteiger partial charge in [-0.15, -0.1) is 11.8 Å². The largest absolute Gasteiger partial charge is 0.322 e. The summed E-state index contributed by atoms with van der Waals surface area (Å²) in [4.78, 5) is 24.1. The summed E-state index contributed by atoms with van der Waals surface area (Å²) in [5, 5.41) is 13.8. The molecule has 0 aliphatic rings. The Kier molecular flexibility index (Phi) is 6.38. The van der Waals surface area contributed by atoms with Gasteiger partial charge in [0.15, 0.2) is 0 Å². The maximum Gasteiger partial charge on any atom is 0.282 e. The van der Waals surface area contributed by atoms with Gasteiger partial charge >= 0.3 is 0 Å². The van der Waals surface area contributed by atoms with Gasteiger partial charge in [-0.05, 0) is 48.7 Å². The molecule has 0 aromatic heterocycles. The number of carbonyl (C=O) groups excluding carboxylic acids is 1. The number of thioether (sulfide) groups is 1. The van der Waals surface area contributed by atoms with Crippen molar-refractivity contribution < 1.29 is 18.1 Å². The first-order valence-corrected chi connectivity index (χ1v) is 11.3. The Bertz CT molecular complexity index is 1200. The van der Waals surface area contributed by atoms with E-state index in [1.165, 1.54) is 48.2 Å². The molecule has 0 atom stereocenters. The van der Waals surface area contributed by atoms with Gasteiger partial charge in [0.1, 0.15) is 5.56 Å². The van der Waals surface area contributed by atoms with E-state index in [-0.39, 0.29) is 27.5 Å². The summed E-state index contributed by atoms with van der Waals surface area (Å²) < 4.78 is 27.4. The zero-order valence-electron chi connectivity index (χ0n) is 15.7. The zero-order valence-corrected chi connectivity index (χ0v) is 17.4. The molecule has 3 aromatic rings. The number of benzene rings is 3. The molecule has 10 heteroatoms. The van der Waals surface area contributed by atoms with Gasteiger partial charge in [0.05, 0.1) is 15.5 Å². The predicted molar refractivity (Wildman–Crippen MR) is 117 cm³/mol. The monoisotopic (exact) mass is 443 g/mol. The van der Waals surface area contributed by atoms with E-state index in [2.05, 4.69) is 10.0 Å². The van der Waals surface area contributed by atoms with Crippen molar-refractivity contribution in [3.63, 3.8) is 0 Å². The van der Waals surface area contributed by atoms with Crippen LogP contribution in [0, 0.1) is 10.1 Å². The Morgan fingerprint density at radius 1 is 0.967 bits per heavy atom. The maximum atomic E-state index is 12.7. The first-order chi connectivity index (χ1) is 14.3. The lowest BCUT2D eigenvalue weighted by molar-refractivity contribution is -0.385. The molecule has 0 fully saturated rings. The van der Waals surface area contributed by atoms with Gasteiger partial charge in [0, 0.05) is 16.6 Å². The first-order valence-electron chi connectivity index (χ1n) is 8.62. The molecule has 0 spiro atoms. The summed E-state index contributed by atoms with van der Waals surface area (Å²) in [5.41, 5.74) is 0.134. The fourth-order valence-corrected chi connectivity index (χ4v) is 4.17. The van der Waals surface area contributed by atoms with E-state index in [0.29, 0.717) is 4.90 Å². The van der Waals surface area contributed by atoms with Crippen LogP contribution in [-0.2, 0) is 10.0 Å². The van der Waals surface area contributed by atoms with E-state index in [0.717, 1.165) is 0 Å². The van der Waals surface area contributed by atoms with Crippen LogP contribution in [0.3, 0.4) is 0 Å².